The number of methoxy groups -OCH3 is 1. The van der Waals surface area contributed by atoms with Crippen LogP contribution in [0.15, 0.2) is 27.9 Å². The molecule has 0 radical (unpaired) electrons. The highest BCUT2D eigenvalue weighted by Gasteiger charge is 2.19. The van der Waals surface area contributed by atoms with Crippen LogP contribution in [0.25, 0.3) is 10.2 Å². The van der Waals surface area contributed by atoms with E-state index in [1.54, 1.807) is 18.7 Å². The number of unbranched alkanes of at least 4 members (excludes halogenated alkanes) is 1. The molecule has 1 aromatic carbocycles. The van der Waals surface area contributed by atoms with Gasteiger partial charge in [-0.1, -0.05) is 17.7 Å². The first-order valence-corrected chi connectivity index (χ1v) is 12.2. The van der Waals surface area contributed by atoms with Crippen LogP contribution in [-0.4, -0.2) is 35.5 Å². The quantitative estimate of drug-likeness (QED) is 0.273. The molecule has 0 fully saturated rings. The minimum atomic E-state index is -0.256. The molecule has 2 aromatic heterocycles. The van der Waals surface area contributed by atoms with Gasteiger partial charge in [-0.05, 0) is 50.8 Å². The summed E-state index contributed by atoms with van der Waals surface area (Å²) in [6.07, 6.45) is 1.64. The Hall–Kier alpha value is -2.65. The molecule has 7 nitrogen and oxygen atoms in total. The molecule has 170 valence electrons. The fraction of sp³-hybridized carbons (Fsp3) is 0.391. The number of hydrogen-bond acceptors (Lipinski definition) is 7. The Morgan fingerprint density at radius 3 is 2.75 bits per heavy atom. The highest BCUT2D eigenvalue weighted by atomic mass is 32.2. The van der Waals surface area contributed by atoms with E-state index in [0.29, 0.717) is 58.0 Å². The Kier molecular flexibility index (Phi) is 8.09. The molecule has 0 unspecified atom stereocenters. The van der Waals surface area contributed by atoms with Crippen molar-refractivity contribution in [1.29, 1.82) is 0 Å². The minimum absolute atomic E-state index is 0.225. The molecule has 32 heavy (non-hydrogen) atoms. The maximum absolute atomic E-state index is 12.7. The van der Waals surface area contributed by atoms with Crippen molar-refractivity contribution in [1.82, 2.24) is 15.3 Å². The predicted octanol–water partition coefficient (Wildman–Crippen LogP) is 4.28. The molecule has 0 aliphatic rings. The van der Waals surface area contributed by atoms with Crippen molar-refractivity contribution < 1.29 is 14.3 Å². The number of carbonyl (C=O) groups excluding carboxylic acids is 2. The lowest BCUT2D eigenvalue weighted by atomic mass is 10.2. The third-order valence-corrected chi connectivity index (χ3v) is 7.44. The number of benzene rings is 1. The van der Waals surface area contributed by atoms with Gasteiger partial charge in [0.15, 0.2) is 0 Å². The van der Waals surface area contributed by atoms with Crippen LogP contribution < -0.4 is 10.9 Å². The van der Waals surface area contributed by atoms with Crippen molar-refractivity contribution in [2.24, 2.45) is 0 Å². The number of aryl methyl sites for hydroxylation is 3. The van der Waals surface area contributed by atoms with Gasteiger partial charge in [0.25, 0.3) is 11.5 Å². The van der Waals surface area contributed by atoms with Gasteiger partial charge in [0.2, 0.25) is 0 Å². The molecule has 2 heterocycles. The number of thiophene rings is 1. The van der Waals surface area contributed by atoms with Crippen LogP contribution in [0.4, 0.5) is 0 Å². The maximum Gasteiger partial charge on any atom is 0.305 e. The first-order valence-electron chi connectivity index (χ1n) is 10.4. The zero-order valence-electron chi connectivity index (χ0n) is 18.7. The van der Waals surface area contributed by atoms with Crippen molar-refractivity contribution in [3.63, 3.8) is 0 Å². The summed E-state index contributed by atoms with van der Waals surface area (Å²) in [6, 6.07) is 6.28. The smallest absolute Gasteiger partial charge is 0.305 e. The number of carbonyl (C=O) groups is 2. The van der Waals surface area contributed by atoms with Gasteiger partial charge in [-0.15, -0.1) is 23.1 Å². The predicted molar refractivity (Wildman–Crippen MR) is 129 cm³/mol. The van der Waals surface area contributed by atoms with E-state index in [0.717, 1.165) is 4.90 Å². The summed E-state index contributed by atoms with van der Waals surface area (Å²) in [7, 11) is 1.36. The molecule has 0 atom stereocenters. The molecule has 0 saturated heterocycles. The average molecular weight is 474 g/mol. The highest BCUT2D eigenvalue weighted by Crippen LogP contribution is 2.29. The van der Waals surface area contributed by atoms with Crippen molar-refractivity contribution in [3.8, 4) is 0 Å². The number of hydrogen-bond donors (Lipinski definition) is 2. The standard InChI is InChI=1S/C23H27N3O4S2/c1-13-8-9-14(2)16(11-13)31-12-17-25-21(28)19-15(3)20(32-23(19)26-17)22(29)24-10-6-5-7-18(27)30-4/h8-9,11H,5-7,10,12H2,1-4H3,(H,24,29)(H,25,26,28). The molecule has 0 aliphatic carbocycles. The Morgan fingerprint density at radius 1 is 1.22 bits per heavy atom. The van der Waals surface area contributed by atoms with Crippen LogP contribution in [0, 0.1) is 20.8 Å². The number of ether oxygens (including phenoxy) is 1. The average Bonchev–Trinajstić information content (AvgIpc) is 3.10. The van der Waals surface area contributed by atoms with Crippen molar-refractivity contribution in [3.05, 3.63) is 55.9 Å². The number of amides is 1. The molecule has 3 rings (SSSR count). The van der Waals surface area contributed by atoms with Crippen LogP contribution in [-0.2, 0) is 15.3 Å². The Balaban J connectivity index is 1.69. The first-order chi connectivity index (χ1) is 15.3. The van der Waals surface area contributed by atoms with Gasteiger partial charge < -0.3 is 15.0 Å². The second-order valence-electron chi connectivity index (χ2n) is 7.60. The Morgan fingerprint density at radius 2 is 2.00 bits per heavy atom. The second kappa shape index (κ2) is 10.8. The lowest BCUT2D eigenvalue weighted by Crippen LogP contribution is -2.24. The van der Waals surface area contributed by atoms with E-state index >= 15 is 0 Å². The normalized spacial score (nSPS) is 11.0. The topological polar surface area (TPSA) is 101 Å². The van der Waals surface area contributed by atoms with Crippen LogP contribution in [0.2, 0.25) is 0 Å². The van der Waals surface area contributed by atoms with Gasteiger partial charge >= 0.3 is 5.97 Å². The van der Waals surface area contributed by atoms with Gasteiger partial charge in [0, 0.05) is 17.9 Å². The van der Waals surface area contributed by atoms with Crippen LogP contribution >= 0.6 is 23.1 Å². The van der Waals surface area contributed by atoms with Crippen LogP contribution in [0.1, 0.15) is 51.4 Å². The van der Waals surface area contributed by atoms with Gasteiger partial charge in [0.05, 0.1) is 23.1 Å². The number of aromatic nitrogens is 2. The molecule has 0 spiro atoms. The number of rotatable bonds is 9. The number of fused-ring (bicyclic) bond motifs is 1. The molecule has 0 saturated carbocycles. The number of aromatic amines is 1. The van der Waals surface area contributed by atoms with E-state index < -0.39 is 0 Å². The summed E-state index contributed by atoms with van der Waals surface area (Å²) in [6.45, 7) is 6.33. The van der Waals surface area contributed by atoms with Crippen molar-refractivity contribution >= 4 is 45.2 Å². The largest absolute Gasteiger partial charge is 0.469 e. The molecular weight excluding hydrogens is 446 g/mol. The van der Waals surface area contributed by atoms with Crippen molar-refractivity contribution in [2.75, 3.05) is 13.7 Å². The van der Waals surface area contributed by atoms with E-state index in [1.165, 1.54) is 29.6 Å². The zero-order chi connectivity index (χ0) is 23.3. The van der Waals surface area contributed by atoms with Gasteiger partial charge in [-0.25, -0.2) is 4.98 Å². The van der Waals surface area contributed by atoms with Gasteiger partial charge in [-0.2, -0.15) is 0 Å². The SMILES string of the molecule is COC(=O)CCCCNC(=O)c1sc2nc(CSc3cc(C)ccc3C)[nH]c(=O)c2c1C. The van der Waals surface area contributed by atoms with E-state index in [9.17, 15) is 14.4 Å². The Bertz CT molecular complexity index is 1200. The molecular formula is C23H27N3O4S2. The zero-order valence-corrected chi connectivity index (χ0v) is 20.3. The fourth-order valence-corrected chi connectivity index (χ4v) is 5.37. The second-order valence-corrected chi connectivity index (χ2v) is 9.61. The number of esters is 1. The van der Waals surface area contributed by atoms with E-state index in [2.05, 4.69) is 52.1 Å². The first kappa shape index (κ1) is 24.0. The summed E-state index contributed by atoms with van der Waals surface area (Å²) < 4.78 is 4.61. The van der Waals surface area contributed by atoms with Crippen molar-refractivity contribution in [2.45, 2.75) is 50.7 Å². The van der Waals surface area contributed by atoms with Crippen LogP contribution in [0.3, 0.4) is 0 Å². The molecule has 2 N–H and O–H groups in total. The number of nitrogens with zero attached hydrogens (tertiary/aromatic N) is 1. The lowest BCUT2D eigenvalue weighted by molar-refractivity contribution is -0.140. The summed E-state index contributed by atoms with van der Waals surface area (Å²) >= 11 is 2.86. The summed E-state index contributed by atoms with van der Waals surface area (Å²) in [5.41, 5.74) is 2.78. The third-order valence-electron chi connectivity index (χ3n) is 5.08. The van der Waals surface area contributed by atoms with E-state index in [4.69, 9.17) is 0 Å². The van der Waals surface area contributed by atoms with Gasteiger partial charge in [0.1, 0.15) is 10.7 Å². The monoisotopic (exact) mass is 473 g/mol. The summed E-state index contributed by atoms with van der Waals surface area (Å²) in [4.78, 5) is 46.2. The van der Waals surface area contributed by atoms with Crippen LogP contribution in [0.5, 0.6) is 0 Å². The lowest BCUT2D eigenvalue weighted by Gasteiger charge is -2.06. The summed E-state index contributed by atoms with van der Waals surface area (Å²) in [5.74, 6) is 0.640. The molecule has 0 bridgehead atoms. The minimum Gasteiger partial charge on any atom is -0.469 e. The molecule has 0 aliphatic heterocycles. The number of H-pyrrole nitrogens is 1. The number of thioether (sulfide) groups is 1. The molecule has 1 amide bonds. The van der Waals surface area contributed by atoms with E-state index in [1.807, 2.05) is 0 Å². The van der Waals surface area contributed by atoms with E-state index in [-0.39, 0.29) is 17.4 Å². The molecule has 9 heteroatoms. The Labute approximate surface area is 195 Å². The highest BCUT2D eigenvalue weighted by molar-refractivity contribution is 7.98. The molecule has 3 aromatic rings. The fourth-order valence-electron chi connectivity index (χ4n) is 3.26. The summed E-state index contributed by atoms with van der Waals surface area (Å²) in [5, 5.41) is 3.32. The van der Waals surface area contributed by atoms with Gasteiger partial charge in [-0.3, -0.25) is 14.4 Å². The maximum atomic E-state index is 12.7. The third kappa shape index (κ3) is 5.77. The number of nitrogens with one attached hydrogen (secondary N) is 2.